The van der Waals surface area contributed by atoms with E-state index >= 15 is 0 Å². The molecule has 0 spiro atoms. The van der Waals surface area contributed by atoms with E-state index in [0.29, 0.717) is 18.0 Å². The van der Waals surface area contributed by atoms with E-state index in [0.717, 1.165) is 5.56 Å². The average molecular weight is 277 g/mol. The number of halogens is 1. The molecule has 0 fully saturated rings. The first kappa shape index (κ1) is 14.4. The summed E-state index contributed by atoms with van der Waals surface area (Å²) in [5.41, 5.74) is 1.08. The SMILES string of the molecule is CC(NCCCS(N)(=O)=O)c1cccc(Cl)c1. The summed E-state index contributed by atoms with van der Waals surface area (Å²) < 4.78 is 21.4. The summed E-state index contributed by atoms with van der Waals surface area (Å²) in [5, 5.41) is 8.83. The molecule has 4 nitrogen and oxygen atoms in total. The normalized spacial score (nSPS) is 13.6. The topological polar surface area (TPSA) is 72.2 Å². The molecule has 1 rings (SSSR count). The van der Waals surface area contributed by atoms with Gasteiger partial charge < -0.3 is 5.32 Å². The van der Waals surface area contributed by atoms with Crippen LogP contribution >= 0.6 is 11.6 Å². The van der Waals surface area contributed by atoms with Crippen molar-refractivity contribution >= 4 is 21.6 Å². The average Bonchev–Trinajstić information content (AvgIpc) is 2.23. The van der Waals surface area contributed by atoms with Gasteiger partial charge in [0.25, 0.3) is 0 Å². The molecule has 0 saturated heterocycles. The third-order valence-corrected chi connectivity index (χ3v) is 3.50. The number of hydrogen-bond acceptors (Lipinski definition) is 3. The Balaban J connectivity index is 2.38. The summed E-state index contributed by atoms with van der Waals surface area (Å²) in [6.45, 7) is 2.60. The molecule has 96 valence electrons. The molecule has 1 unspecified atom stereocenters. The summed E-state index contributed by atoms with van der Waals surface area (Å²) in [6.07, 6.45) is 0.504. The molecular formula is C11H17ClN2O2S. The van der Waals surface area contributed by atoms with Crippen molar-refractivity contribution < 1.29 is 8.42 Å². The molecule has 0 bridgehead atoms. The van der Waals surface area contributed by atoms with Gasteiger partial charge in [0.2, 0.25) is 10.0 Å². The van der Waals surface area contributed by atoms with Crippen LogP contribution in [0.25, 0.3) is 0 Å². The second-order valence-corrected chi connectivity index (χ2v) is 6.12. The summed E-state index contributed by atoms with van der Waals surface area (Å²) >= 11 is 5.89. The van der Waals surface area contributed by atoms with Gasteiger partial charge in [-0.15, -0.1) is 0 Å². The van der Waals surface area contributed by atoms with Crippen molar-refractivity contribution in [1.82, 2.24) is 5.32 Å². The molecule has 6 heteroatoms. The first-order chi connectivity index (χ1) is 7.88. The number of nitrogens with one attached hydrogen (secondary N) is 1. The Bertz CT molecular complexity index is 462. The van der Waals surface area contributed by atoms with E-state index in [1.54, 1.807) is 0 Å². The highest BCUT2D eigenvalue weighted by molar-refractivity contribution is 7.89. The maximum atomic E-state index is 10.7. The molecular weight excluding hydrogens is 260 g/mol. The monoisotopic (exact) mass is 276 g/mol. The zero-order chi connectivity index (χ0) is 12.9. The molecule has 0 amide bonds. The number of nitrogens with two attached hydrogens (primary N) is 1. The van der Waals surface area contributed by atoms with Crippen molar-refractivity contribution in [3.05, 3.63) is 34.9 Å². The van der Waals surface area contributed by atoms with Gasteiger partial charge in [-0.3, -0.25) is 0 Å². The van der Waals surface area contributed by atoms with Crippen LogP contribution in [0.5, 0.6) is 0 Å². The fourth-order valence-corrected chi connectivity index (χ4v) is 2.23. The molecule has 1 atom stereocenters. The van der Waals surface area contributed by atoms with Gasteiger partial charge in [0.1, 0.15) is 0 Å². The van der Waals surface area contributed by atoms with Gasteiger partial charge >= 0.3 is 0 Å². The van der Waals surface area contributed by atoms with E-state index in [1.807, 2.05) is 31.2 Å². The lowest BCUT2D eigenvalue weighted by atomic mass is 10.1. The summed E-state index contributed by atoms with van der Waals surface area (Å²) in [4.78, 5) is 0. The standard InChI is InChI=1S/C11H17ClN2O2S/c1-9(10-4-2-5-11(12)8-10)14-6-3-7-17(13,15)16/h2,4-5,8-9,14H,3,6-7H2,1H3,(H2,13,15,16). The van der Waals surface area contributed by atoms with Gasteiger partial charge in [-0.1, -0.05) is 23.7 Å². The molecule has 1 aromatic rings. The van der Waals surface area contributed by atoms with Crippen LogP contribution in [-0.2, 0) is 10.0 Å². The van der Waals surface area contributed by atoms with E-state index in [9.17, 15) is 8.42 Å². The molecule has 0 aliphatic heterocycles. The van der Waals surface area contributed by atoms with Crippen molar-refractivity contribution in [2.24, 2.45) is 5.14 Å². The molecule has 0 aromatic heterocycles. The highest BCUT2D eigenvalue weighted by Crippen LogP contribution is 2.17. The number of rotatable bonds is 6. The lowest BCUT2D eigenvalue weighted by Gasteiger charge is -2.14. The molecule has 1 aromatic carbocycles. The Labute approximate surface area is 107 Å². The van der Waals surface area contributed by atoms with Gasteiger partial charge in [-0.25, -0.2) is 13.6 Å². The third kappa shape index (κ3) is 6.02. The van der Waals surface area contributed by atoms with Crippen LogP contribution in [0, 0.1) is 0 Å². The zero-order valence-corrected chi connectivity index (χ0v) is 11.3. The van der Waals surface area contributed by atoms with Crippen LogP contribution in [0.1, 0.15) is 24.9 Å². The minimum atomic E-state index is -3.35. The van der Waals surface area contributed by atoms with Crippen LogP contribution in [0.15, 0.2) is 24.3 Å². The van der Waals surface area contributed by atoms with Crippen molar-refractivity contribution in [1.29, 1.82) is 0 Å². The molecule has 17 heavy (non-hydrogen) atoms. The zero-order valence-electron chi connectivity index (χ0n) is 9.69. The second-order valence-electron chi connectivity index (χ2n) is 3.95. The number of primary sulfonamides is 1. The third-order valence-electron chi connectivity index (χ3n) is 2.40. The predicted molar refractivity (Wildman–Crippen MR) is 70.5 cm³/mol. The first-order valence-electron chi connectivity index (χ1n) is 5.38. The largest absolute Gasteiger partial charge is 0.310 e. The lowest BCUT2D eigenvalue weighted by Crippen LogP contribution is -2.24. The van der Waals surface area contributed by atoms with Gasteiger partial charge in [0.05, 0.1) is 5.75 Å². The molecule has 0 aliphatic carbocycles. The highest BCUT2D eigenvalue weighted by Gasteiger charge is 2.06. The molecule has 0 saturated carbocycles. The van der Waals surface area contributed by atoms with Crippen molar-refractivity contribution in [3.8, 4) is 0 Å². The Kier molecular flexibility index (Phi) is 5.39. The van der Waals surface area contributed by atoms with Crippen molar-refractivity contribution in [2.75, 3.05) is 12.3 Å². The van der Waals surface area contributed by atoms with Crippen molar-refractivity contribution in [3.63, 3.8) is 0 Å². The molecule has 0 heterocycles. The highest BCUT2D eigenvalue weighted by atomic mass is 35.5. The number of benzene rings is 1. The van der Waals surface area contributed by atoms with E-state index in [2.05, 4.69) is 5.32 Å². The number of hydrogen-bond donors (Lipinski definition) is 2. The van der Waals surface area contributed by atoms with Crippen LogP contribution < -0.4 is 10.5 Å². The summed E-state index contributed by atoms with van der Waals surface area (Å²) in [6, 6.07) is 7.70. The lowest BCUT2D eigenvalue weighted by molar-refractivity contribution is 0.561. The first-order valence-corrected chi connectivity index (χ1v) is 7.47. The minimum absolute atomic E-state index is 0.00225. The van der Waals surface area contributed by atoms with Crippen LogP contribution in [0.3, 0.4) is 0 Å². The van der Waals surface area contributed by atoms with E-state index in [4.69, 9.17) is 16.7 Å². The Morgan fingerprint density at radius 3 is 2.76 bits per heavy atom. The number of sulfonamides is 1. The van der Waals surface area contributed by atoms with Gasteiger partial charge in [0, 0.05) is 11.1 Å². The minimum Gasteiger partial charge on any atom is -0.310 e. The Morgan fingerprint density at radius 2 is 2.18 bits per heavy atom. The Morgan fingerprint density at radius 1 is 1.47 bits per heavy atom. The smallest absolute Gasteiger partial charge is 0.209 e. The van der Waals surface area contributed by atoms with Crippen LogP contribution in [0.2, 0.25) is 5.02 Å². The van der Waals surface area contributed by atoms with Crippen LogP contribution in [-0.4, -0.2) is 20.7 Å². The molecule has 0 radical (unpaired) electrons. The molecule has 0 aliphatic rings. The van der Waals surface area contributed by atoms with Gasteiger partial charge in [0.15, 0.2) is 0 Å². The second kappa shape index (κ2) is 6.35. The van der Waals surface area contributed by atoms with E-state index in [-0.39, 0.29) is 11.8 Å². The fourth-order valence-electron chi connectivity index (χ4n) is 1.49. The Hall–Kier alpha value is -0.620. The predicted octanol–water partition coefficient (Wildman–Crippen LogP) is 1.67. The fraction of sp³-hybridized carbons (Fsp3) is 0.455. The summed E-state index contributed by atoms with van der Waals surface area (Å²) in [5.74, 6) is 0.00225. The van der Waals surface area contributed by atoms with E-state index in [1.165, 1.54) is 0 Å². The maximum Gasteiger partial charge on any atom is 0.209 e. The summed E-state index contributed by atoms with van der Waals surface area (Å²) in [7, 11) is -3.35. The van der Waals surface area contributed by atoms with Crippen LogP contribution in [0.4, 0.5) is 0 Å². The van der Waals surface area contributed by atoms with Gasteiger partial charge in [-0.2, -0.15) is 0 Å². The molecule has 3 N–H and O–H groups in total. The van der Waals surface area contributed by atoms with Gasteiger partial charge in [-0.05, 0) is 37.6 Å². The quantitative estimate of drug-likeness (QED) is 0.777. The van der Waals surface area contributed by atoms with Crippen molar-refractivity contribution in [2.45, 2.75) is 19.4 Å². The van der Waals surface area contributed by atoms with E-state index < -0.39 is 10.0 Å². The maximum absolute atomic E-state index is 10.7.